The Labute approximate surface area is 77.5 Å². The Morgan fingerprint density at radius 2 is 2.00 bits per heavy atom. The van der Waals surface area contributed by atoms with Gasteiger partial charge in [-0.3, -0.25) is 0 Å². The van der Waals surface area contributed by atoms with Gasteiger partial charge in [-0.05, 0) is 32.9 Å². The van der Waals surface area contributed by atoms with Crippen molar-refractivity contribution in [3.8, 4) is 5.75 Å². The second-order valence-corrected chi connectivity index (χ2v) is 3.92. The first-order chi connectivity index (χ1) is 5.47. The molecule has 0 atom stereocenters. The number of pyridine rings is 1. The monoisotopic (exact) mass is 185 g/mol. The predicted molar refractivity (Wildman–Crippen MR) is 49.6 cm³/mol. The van der Waals surface area contributed by atoms with Crippen molar-refractivity contribution in [3.05, 3.63) is 23.5 Å². The molecule has 0 unspecified atom stereocenters. The number of ether oxygens (including phenoxy) is 1. The van der Waals surface area contributed by atoms with Gasteiger partial charge in [0.2, 0.25) is 0 Å². The summed E-state index contributed by atoms with van der Waals surface area (Å²) in [5.74, 6) is 0.743. The minimum atomic E-state index is -0.185. The first kappa shape index (κ1) is 9.33. The second-order valence-electron chi connectivity index (χ2n) is 3.53. The number of halogens is 1. The summed E-state index contributed by atoms with van der Waals surface area (Å²) in [6, 6.07) is 3.52. The Morgan fingerprint density at radius 1 is 1.33 bits per heavy atom. The van der Waals surface area contributed by atoms with Crippen molar-refractivity contribution in [1.82, 2.24) is 4.98 Å². The predicted octanol–water partition coefficient (Wildman–Crippen LogP) is 2.91. The molecule has 0 saturated heterocycles. The highest BCUT2D eigenvalue weighted by atomic mass is 35.5. The molecular weight excluding hydrogens is 174 g/mol. The standard InChI is InChI=1S/C9H12ClNO/c1-9(2,3)12-7-4-5-8(10)11-6-7/h4-6H,1-3H3. The summed E-state index contributed by atoms with van der Waals surface area (Å²) in [6.07, 6.45) is 1.62. The average Bonchev–Trinajstić information content (AvgIpc) is 1.91. The van der Waals surface area contributed by atoms with E-state index in [1.165, 1.54) is 0 Å². The third-order valence-electron chi connectivity index (χ3n) is 1.12. The van der Waals surface area contributed by atoms with Crippen molar-refractivity contribution in [3.63, 3.8) is 0 Å². The molecule has 1 rings (SSSR count). The van der Waals surface area contributed by atoms with Gasteiger partial charge in [0.15, 0.2) is 0 Å². The van der Waals surface area contributed by atoms with E-state index < -0.39 is 0 Å². The molecular formula is C9H12ClNO. The number of hydrogen-bond donors (Lipinski definition) is 0. The zero-order valence-electron chi connectivity index (χ0n) is 7.47. The highest BCUT2D eigenvalue weighted by Crippen LogP contribution is 2.17. The largest absolute Gasteiger partial charge is 0.487 e. The van der Waals surface area contributed by atoms with Crippen LogP contribution < -0.4 is 4.74 Å². The highest BCUT2D eigenvalue weighted by Gasteiger charge is 2.11. The SMILES string of the molecule is CC(C)(C)Oc1ccc(Cl)nc1. The van der Waals surface area contributed by atoms with Gasteiger partial charge in [0.25, 0.3) is 0 Å². The van der Waals surface area contributed by atoms with E-state index in [1.807, 2.05) is 20.8 Å². The first-order valence-electron chi connectivity index (χ1n) is 3.78. The van der Waals surface area contributed by atoms with E-state index in [1.54, 1.807) is 18.3 Å². The van der Waals surface area contributed by atoms with Crippen molar-refractivity contribution in [2.45, 2.75) is 26.4 Å². The lowest BCUT2D eigenvalue weighted by atomic mass is 10.2. The van der Waals surface area contributed by atoms with Gasteiger partial charge in [0, 0.05) is 0 Å². The van der Waals surface area contributed by atoms with Crippen molar-refractivity contribution in [2.75, 3.05) is 0 Å². The van der Waals surface area contributed by atoms with Crippen LogP contribution >= 0.6 is 11.6 Å². The van der Waals surface area contributed by atoms with Crippen LogP contribution in [-0.4, -0.2) is 10.6 Å². The molecule has 3 heteroatoms. The maximum Gasteiger partial charge on any atom is 0.138 e. The van der Waals surface area contributed by atoms with E-state index in [-0.39, 0.29) is 5.60 Å². The van der Waals surface area contributed by atoms with Gasteiger partial charge in [0.1, 0.15) is 16.5 Å². The van der Waals surface area contributed by atoms with Crippen molar-refractivity contribution < 1.29 is 4.74 Å². The fourth-order valence-electron chi connectivity index (χ4n) is 0.776. The fourth-order valence-corrected chi connectivity index (χ4v) is 0.888. The number of hydrogen-bond acceptors (Lipinski definition) is 2. The fraction of sp³-hybridized carbons (Fsp3) is 0.444. The maximum atomic E-state index is 5.62. The topological polar surface area (TPSA) is 22.1 Å². The summed E-state index contributed by atoms with van der Waals surface area (Å²) in [6.45, 7) is 5.96. The second kappa shape index (κ2) is 3.31. The van der Waals surface area contributed by atoms with Gasteiger partial charge < -0.3 is 4.74 Å². The lowest BCUT2D eigenvalue weighted by Crippen LogP contribution is -2.22. The lowest BCUT2D eigenvalue weighted by molar-refractivity contribution is 0.130. The number of nitrogens with zero attached hydrogens (tertiary/aromatic N) is 1. The quantitative estimate of drug-likeness (QED) is 0.628. The molecule has 1 aromatic rings. The van der Waals surface area contributed by atoms with E-state index >= 15 is 0 Å². The Morgan fingerprint density at radius 3 is 2.42 bits per heavy atom. The third-order valence-corrected chi connectivity index (χ3v) is 1.35. The Balaban J connectivity index is 2.71. The van der Waals surface area contributed by atoms with Crippen LogP contribution in [0, 0.1) is 0 Å². The minimum Gasteiger partial charge on any atom is -0.487 e. The molecule has 0 aliphatic heterocycles. The van der Waals surface area contributed by atoms with Gasteiger partial charge in [-0.1, -0.05) is 11.6 Å². The Bertz CT molecular complexity index is 250. The first-order valence-corrected chi connectivity index (χ1v) is 4.16. The smallest absolute Gasteiger partial charge is 0.138 e. The maximum absolute atomic E-state index is 5.62. The molecule has 0 N–H and O–H groups in total. The molecule has 0 aromatic carbocycles. The van der Waals surface area contributed by atoms with E-state index in [4.69, 9.17) is 16.3 Å². The van der Waals surface area contributed by atoms with Crippen LogP contribution in [0.3, 0.4) is 0 Å². The molecule has 0 amide bonds. The molecule has 66 valence electrons. The van der Waals surface area contributed by atoms with Crippen LogP contribution in [-0.2, 0) is 0 Å². The Hall–Kier alpha value is -0.760. The van der Waals surface area contributed by atoms with Crippen molar-refractivity contribution in [1.29, 1.82) is 0 Å². The van der Waals surface area contributed by atoms with Gasteiger partial charge in [-0.15, -0.1) is 0 Å². The summed E-state index contributed by atoms with van der Waals surface area (Å²) in [5.41, 5.74) is -0.185. The van der Waals surface area contributed by atoms with E-state index in [0.717, 1.165) is 5.75 Å². The van der Waals surface area contributed by atoms with Crippen LogP contribution in [0.25, 0.3) is 0 Å². The van der Waals surface area contributed by atoms with Crippen molar-refractivity contribution >= 4 is 11.6 Å². The molecule has 0 fully saturated rings. The van der Waals surface area contributed by atoms with Crippen molar-refractivity contribution in [2.24, 2.45) is 0 Å². The lowest BCUT2D eigenvalue weighted by Gasteiger charge is -2.20. The minimum absolute atomic E-state index is 0.185. The van der Waals surface area contributed by atoms with E-state index in [9.17, 15) is 0 Å². The molecule has 0 bridgehead atoms. The summed E-state index contributed by atoms with van der Waals surface area (Å²) < 4.78 is 5.54. The molecule has 1 aromatic heterocycles. The van der Waals surface area contributed by atoms with Crippen LogP contribution in [0.5, 0.6) is 5.75 Å². The van der Waals surface area contributed by atoms with Crippen LogP contribution in [0.4, 0.5) is 0 Å². The molecule has 0 saturated carbocycles. The highest BCUT2D eigenvalue weighted by molar-refractivity contribution is 6.29. The molecule has 12 heavy (non-hydrogen) atoms. The zero-order valence-corrected chi connectivity index (χ0v) is 8.22. The summed E-state index contributed by atoms with van der Waals surface area (Å²) in [7, 11) is 0. The molecule has 0 aliphatic carbocycles. The van der Waals surface area contributed by atoms with Crippen LogP contribution in [0.1, 0.15) is 20.8 Å². The van der Waals surface area contributed by atoms with Gasteiger partial charge in [-0.2, -0.15) is 0 Å². The summed E-state index contributed by atoms with van der Waals surface area (Å²) in [4.78, 5) is 3.90. The molecule has 0 radical (unpaired) electrons. The zero-order chi connectivity index (χ0) is 9.19. The Kier molecular flexibility index (Phi) is 2.58. The van der Waals surface area contributed by atoms with Gasteiger partial charge in [-0.25, -0.2) is 4.98 Å². The van der Waals surface area contributed by atoms with Gasteiger partial charge >= 0.3 is 0 Å². The molecule has 1 heterocycles. The molecule has 2 nitrogen and oxygen atoms in total. The average molecular weight is 186 g/mol. The molecule has 0 aliphatic rings. The van der Waals surface area contributed by atoms with E-state index in [2.05, 4.69) is 4.98 Å². The third kappa shape index (κ3) is 3.09. The normalized spacial score (nSPS) is 11.3. The van der Waals surface area contributed by atoms with E-state index in [0.29, 0.717) is 5.15 Å². The number of rotatable bonds is 1. The van der Waals surface area contributed by atoms with Crippen LogP contribution in [0.15, 0.2) is 18.3 Å². The van der Waals surface area contributed by atoms with Gasteiger partial charge in [0.05, 0.1) is 6.20 Å². The molecule has 0 spiro atoms. The summed E-state index contributed by atoms with van der Waals surface area (Å²) in [5, 5.41) is 0.483. The number of aromatic nitrogens is 1. The van der Waals surface area contributed by atoms with Crippen LogP contribution in [0.2, 0.25) is 5.15 Å². The summed E-state index contributed by atoms with van der Waals surface area (Å²) >= 11 is 5.62.